The van der Waals surface area contributed by atoms with E-state index in [2.05, 4.69) is 21.2 Å². The molecule has 0 atom stereocenters. The number of benzene rings is 2. The summed E-state index contributed by atoms with van der Waals surface area (Å²) in [6, 6.07) is 13.8. The molecule has 156 valence electrons. The number of hydrogen-bond acceptors (Lipinski definition) is 6. The molecule has 1 saturated heterocycles. The summed E-state index contributed by atoms with van der Waals surface area (Å²) in [6.45, 7) is 4.15. The van der Waals surface area contributed by atoms with Crippen LogP contribution in [0.25, 0.3) is 0 Å². The Hall–Kier alpha value is -2.62. The van der Waals surface area contributed by atoms with E-state index in [-0.39, 0.29) is 10.8 Å². The van der Waals surface area contributed by atoms with E-state index in [0.717, 1.165) is 37.6 Å². The third kappa shape index (κ3) is 5.69. The average molecular weight is 419 g/mol. The van der Waals surface area contributed by atoms with E-state index in [1.165, 1.54) is 24.3 Å². The SMILES string of the molecule is COc1ccccc1N1CCN(CCC(=O)Nc2ccc(S(N)(=O)=O)cc2)CC1. The van der Waals surface area contributed by atoms with Crippen molar-refractivity contribution in [3.63, 3.8) is 0 Å². The maximum Gasteiger partial charge on any atom is 0.238 e. The molecule has 3 N–H and O–H groups in total. The quantitative estimate of drug-likeness (QED) is 0.706. The van der Waals surface area contributed by atoms with Gasteiger partial charge in [-0.25, -0.2) is 13.6 Å². The van der Waals surface area contributed by atoms with Gasteiger partial charge < -0.3 is 15.0 Å². The van der Waals surface area contributed by atoms with Gasteiger partial charge in [0.1, 0.15) is 5.75 Å². The fourth-order valence-electron chi connectivity index (χ4n) is 3.31. The number of primary sulfonamides is 1. The number of sulfonamides is 1. The molecule has 1 aliphatic rings. The van der Waals surface area contributed by atoms with Crippen molar-refractivity contribution in [3.05, 3.63) is 48.5 Å². The number of piperazine rings is 1. The Bertz CT molecular complexity index is 939. The van der Waals surface area contributed by atoms with Crippen LogP contribution in [0.3, 0.4) is 0 Å². The van der Waals surface area contributed by atoms with Crippen molar-refractivity contribution in [2.24, 2.45) is 5.14 Å². The number of anilines is 2. The second kappa shape index (κ2) is 9.25. The van der Waals surface area contributed by atoms with Crippen molar-refractivity contribution in [2.45, 2.75) is 11.3 Å². The molecule has 1 aliphatic heterocycles. The second-order valence-corrected chi connectivity index (χ2v) is 8.43. The van der Waals surface area contributed by atoms with Gasteiger partial charge in [0, 0.05) is 44.8 Å². The number of nitrogens with zero attached hydrogens (tertiary/aromatic N) is 2. The molecule has 0 spiro atoms. The Balaban J connectivity index is 1.45. The number of nitrogens with two attached hydrogens (primary N) is 1. The highest BCUT2D eigenvalue weighted by atomic mass is 32.2. The molecule has 0 aromatic heterocycles. The average Bonchev–Trinajstić information content (AvgIpc) is 2.72. The van der Waals surface area contributed by atoms with Crippen molar-refractivity contribution < 1.29 is 17.9 Å². The first-order valence-electron chi connectivity index (χ1n) is 9.40. The van der Waals surface area contributed by atoms with Crippen molar-refractivity contribution in [2.75, 3.05) is 50.1 Å². The summed E-state index contributed by atoms with van der Waals surface area (Å²) < 4.78 is 28.0. The zero-order chi connectivity index (χ0) is 20.9. The molecule has 0 aliphatic carbocycles. The predicted octanol–water partition coefficient (Wildman–Crippen LogP) is 1.49. The minimum absolute atomic E-state index is 0.0171. The standard InChI is InChI=1S/C20H26N4O4S/c1-28-19-5-3-2-4-18(19)24-14-12-23(13-15-24)11-10-20(25)22-16-6-8-17(9-7-16)29(21,26)27/h2-9H,10-15H2,1H3,(H,22,25)(H2,21,26,27). The number of carbonyl (C=O) groups is 1. The van der Waals surface area contributed by atoms with Crippen LogP contribution < -0.4 is 20.1 Å². The van der Waals surface area contributed by atoms with Gasteiger partial charge in [-0.2, -0.15) is 0 Å². The van der Waals surface area contributed by atoms with Crippen molar-refractivity contribution in [3.8, 4) is 5.75 Å². The minimum atomic E-state index is -3.73. The van der Waals surface area contributed by atoms with Gasteiger partial charge in [-0.3, -0.25) is 9.69 Å². The monoisotopic (exact) mass is 418 g/mol. The van der Waals surface area contributed by atoms with Gasteiger partial charge in [0.15, 0.2) is 0 Å². The van der Waals surface area contributed by atoms with Gasteiger partial charge in [0.25, 0.3) is 0 Å². The number of rotatable bonds is 7. The predicted molar refractivity (Wildman–Crippen MR) is 113 cm³/mol. The zero-order valence-corrected chi connectivity index (χ0v) is 17.2. The summed E-state index contributed by atoms with van der Waals surface area (Å²) >= 11 is 0. The summed E-state index contributed by atoms with van der Waals surface area (Å²) in [7, 11) is -2.06. The Kier molecular flexibility index (Phi) is 6.73. The van der Waals surface area contributed by atoms with E-state index in [1.54, 1.807) is 7.11 Å². The molecule has 0 unspecified atom stereocenters. The van der Waals surface area contributed by atoms with Gasteiger partial charge >= 0.3 is 0 Å². The van der Waals surface area contributed by atoms with Crippen LogP contribution in [0.2, 0.25) is 0 Å². The molecule has 3 rings (SSSR count). The molecule has 1 amide bonds. The highest BCUT2D eigenvalue weighted by molar-refractivity contribution is 7.89. The number of para-hydroxylation sites is 2. The first kappa shape index (κ1) is 21.1. The molecular weight excluding hydrogens is 392 g/mol. The molecular formula is C20H26N4O4S. The van der Waals surface area contributed by atoms with Crippen molar-refractivity contribution >= 4 is 27.3 Å². The highest BCUT2D eigenvalue weighted by Crippen LogP contribution is 2.28. The fourth-order valence-corrected chi connectivity index (χ4v) is 3.83. The third-order valence-electron chi connectivity index (χ3n) is 4.92. The van der Waals surface area contributed by atoms with Gasteiger partial charge in [-0.05, 0) is 36.4 Å². The number of carbonyl (C=O) groups excluding carboxylic acids is 1. The summed E-state index contributed by atoms with van der Waals surface area (Å²) in [6.07, 6.45) is 0.367. The third-order valence-corrected chi connectivity index (χ3v) is 5.85. The molecule has 0 saturated carbocycles. The van der Waals surface area contributed by atoms with Gasteiger partial charge in [-0.1, -0.05) is 12.1 Å². The maximum absolute atomic E-state index is 12.2. The summed E-state index contributed by atoms with van der Waals surface area (Å²) in [4.78, 5) is 16.8. The smallest absolute Gasteiger partial charge is 0.238 e. The lowest BCUT2D eigenvalue weighted by Gasteiger charge is -2.36. The lowest BCUT2D eigenvalue weighted by molar-refractivity contribution is -0.116. The van der Waals surface area contributed by atoms with Gasteiger partial charge in [0.2, 0.25) is 15.9 Å². The van der Waals surface area contributed by atoms with E-state index in [1.807, 2.05) is 18.2 Å². The van der Waals surface area contributed by atoms with Crippen LogP contribution in [0.5, 0.6) is 5.75 Å². The fraction of sp³-hybridized carbons (Fsp3) is 0.350. The van der Waals surface area contributed by atoms with Crippen LogP contribution in [0.4, 0.5) is 11.4 Å². The molecule has 2 aromatic rings. The molecule has 0 radical (unpaired) electrons. The summed E-state index contributed by atoms with van der Waals surface area (Å²) in [5, 5.41) is 7.85. The Labute approximate surface area is 171 Å². The highest BCUT2D eigenvalue weighted by Gasteiger charge is 2.20. The topological polar surface area (TPSA) is 105 Å². The van der Waals surface area contributed by atoms with E-state index in [4.69, 9.17) is 9.88 Å². The maximum atomic E-state index is 12.2. The summed E-state index contributed by atoms with van der Waals surface area (Å²) in [5.41, 5.74) is 1.64. The molecule has 2 aromatic carbocycles. The Morgan fingerprint density at radius 3 is 2.34 bits per heavy atom. The Morgan fingerprint density at radius 2 is 1.72 bits per heavy atom. The molecule has 9 heteroatoms. The number of methoxy groups -OCH3 is 1. The first-order chi connectivity index (χ1) is 13.9. The van der Waals surface area contributed by atoms with Crippen LogP contribution in [0, 0.1) is 0 Å². The van der Waals surface area contributed by atoms with Gasteiger partial charge in [-0.15, -0.1) is 0 Å². The number of nitrogens with one attached hydrogen (secondary N) is 1. The van der Waals surface area contributed by atoms with Gasteiger partial charge in [0.05, 0.1) is 17.7 Å². The molecule has 29 heavy (non-hydrogen) atoms. The first-order valence-corrected chi connectivity index (χ1v) is 10.9. The summed E-state index contributed by atoms with van der Waals surface area (Å²) in [5.74, 6) is 0.759. The van der Waals surface area contributed by atoms with Crippen LogP contribution in [-0.2, 0) is 14.8 Å². The number of amides is 1. The molecule has 0 bridgehead atoms. The number of hydrogen-bond donors (Lipinski definition) is 2. The van der Waals surface area contributed by atoms with E-state index >= 15 is 0 Å². The largest absolute Gasteiger partial charge is 0.495 e. The van der Waals surface area contributed by atoms with E-state index < -0.39 is 10.0 Å². The van der Waals surface area contributed by atoms with Crippen LogP contribution in [-0.4, -0.2) is 59.1 Å². The van der Waals surface area contributed by atoms with Crippen LogP contribution in [0.15, 0.2) is 53.4 Å². The van der Waals surface area contributed by atoms with Crippen LogP contribution in [0.1, 0.15) is 6.42 Å². The minimum Gasteiger partial charge on any atom is -0.495 e. The normalized spacial score (nSPS) is 15.2. The zero-order valence-electron chi connectivity index (χ0n) is 16.4. The van der Waals surface area contributed by atoms with Crippen LogP contribution >= 0.6 is 0 Å². The van der Waals surface area contributed by atoms with E-state index in [9.17, 15) is 13.2 Å². The molecule has 1 fully saturated rings. The lowest BCUT2D eigenvalue weighted by atomic mass is 10.2. The van der Waals surface area contributed by atoms with E-state index in [0.29, 0.717) is 18.7 Å². The Morgan fingerprint density at radius 1 is 1.07 bits per heavy atom. The second-order valence-electron chi connectivity index (χ2n) is 6.87. The molecule has 1 heterocycles. The van der Waals surface area contributed by atoms with Crippen molar-refractivity contribution in [1.29, 1.82) is 0 Å². The lowest BCUT2D eigenvalue weighted by Crippen LogP contribution is -2.47. The van der Waals surface area contributed by atoms with Crippen molar-refractivity contribution in [1.82, 2.24) is 4.90 Å². The molecule has 8 nitrogen and oxygen atoms in total. The number of ether oxygens (including phenoxy) is 1.